The van der Waals surface area contributed by atoms with Crippen molar-refractivity contribution in [3.8, 4) is 0 Å². The van der Waals surface area contributed by atoms with Gasteiger partial charge in [-0.25, -0.2) is 0 Å². The third kappa shape index (κ3) is 3.73. The molecule has 0 saturated carbocycles. The van der Waals surface area contributed by atoms with Crippen LogP contribution in [0, 0.1) is 10.8 Å². The average Bonchev–Trinajstić information content (AvgIpc) is 3.06. The van der Waals surface area contributed by atoms with Gasteiger partial charge < -0.3 is 15.0 Å². The van der Waals surface area contributed by atoms with Crippen molar-refractivity contribution in [2.75, 3.05) is 20.7 Å². The molecule has 3 nitrogen and oxygen atoms in total. The van der Waals surface area contributed by atoms with Crippen LogP contribution in [0.4, 0.5) is 0 Å². The van der Waals surface area contributed by atoms with E-state index in [1.165, 1.54) is 22.4 Å². The van der Waals surface area contributed by atoms with E-state index >= 15 is 0 Å². The summed E-state index contributed by atoms with van der Waals surface area (Å²) in [6.45, 7) is 7.72. The first-order valence-electron chi connectivity index (χ1n) is 10.9. The summed E-state index contributed by atoms with van der Waals surface area (Å²) in [5, 5.41) is 3.68. The molecule has 3 heteroatoms. The lowest BCUT2D eigenvalue weighted by Crippen LogP contribution is -2.38. The van der Waals surface area contributed by atoms with E-state index in [1.54, 1.807) is 0 Å². The Balaban J connectivity index is 1.56. The van der Waals surface area contributed by atoms with Gasteiger partial charge in [-0.2, -0.15) is 0 Å². The highest BCUT2D eigenvalue weighted by molar-refractivity contribution is 5.45. The van der Waals surface area contributed by atoms with Crippen molar-refractivity contribution in [2.45, 2.75) is 39.3 Å². The molecule has 0 spiro atoms. The third-order valence-corrected chi connectivity index (χ3v) is 7.05. The molecular weight excluding hydrogens is 368 g/mol. The van der Waals surface area contributed by atoms with Crippen molar-refractivity contribution >= 4 is 0 Å². The van der Waals surface area contributed by atoms with Gasteiger partial charge in [0.1, 0.15) is 0 Å². The van der Waals surface area contributed by atoms with Crippen molar-refractivity contribution < 1.29 is 4.74 Å². The van der Waals surface area contributed by atoms with E-state index in [0.29, 0.717) is 6.04 Å². The molecule has 30 heavy (non-hydrogen) atoms. The summed E-state index contributed by atoms with van der Waals surface area (Å²) in [4.78, 5) is 2.24. The average molecular weight is 403 g/mol. The monoisotopic (exact) mass is 402 g/mol. The topological polar surface area (TPSA) is 24.5 Å². The molecule has 0 amide bonds. The first-order chi connectivity index (χ1) is 14.4. The standard InChI is InChI=1S/C27H34N2O/c1-20(22-9-7-6-8-10-22)28-19-21-11-14-25(30-5)27(3,17-21)23-12-13-24-26(2,18-23)15-16-29(24)4/h6-17,20,25,28H,18-19H2,1-5H3/t20-,25?,26?,27?/m1/s1. The maximum Gasteiger partial charge on any atom is 0.0880 e. The van der Waals surface area contributed by atoms with Gasteiger partial charge in [0.15, 0.2) is 0 Å². The Kier molecular flexibility index (Phi) is 5.61. The Morgan fingerprint density at radius 2 is 1.97 bits per heavy atom. The normalized spacial score (nSPS) is 31.2. The van der Waals surface area contributed by atoms with Gasteiger partial charge >= 0.3 is 0 Å². The molecule has 158 valence electrons. The summed E-state index contributed by atoms with van der Waals surface area (Å²) in [6.07, 6.45) is 17.1. The van der Waals surface area contributed by atoms with Crippen LogP contribution in [0.2, 0.25) is 0 Å². The van der Waals surface area contributed by atoms with E-state index < -0.39 is 0 Å². The number of fused-ring (bicyclic) bond motifs is 1. The first kappa shape index (κ1) is 20.9. The highest BCUT2D eigenvalue weighted by atomic mass is 16.5. The summed E-state index contributed by atoms with van der Waals surface area (Å²) in [6, 6.07) is 10.9. The minimum atomic E-state index is -0.156. The van der Waals surface area contributed by atoms with Crippen LogP contribution in [0.5, 0.6) is 0 Å². The molecule has 0 saturated heterocycles. The number of allylic oxidation sites excluding steroid dienone is 3. The van der Waals surface area contributed by atoms with Crippen molar-refractivity contribution in [2.24, 2.45) is 10.8 Å². The Hall–Kier alpha value is -2.36. The van der Waals surface area contributed by atoms with Gasteiger partial charge in [-0.1, -0.05) is 73.2 Å². The molecule has 2 aliphatic carbocycles. The molecule has 3 unspecified atom stereocenters. The fourth-order valence-electron chi connectivity index (χ4n) is 5.07. The zero-order chi connectivity index (χ0) is 21.4. The number of nitrogens with one attached hydrogen (secondary N) is 1. The predicted molar refractivity (Wildman–Crippen MR) is 125 cm³/mol. The van der Waals surface area contributed by atoms with Gasteiger partial charge in [-0.15, -0.1) is 0 Å². The lowest BCUT2D eigenvalue weighted by atomic mass is 9.65. The quantitative estimate of drug-likeness (QED) is 0.677. The number of ether oxygens (including phenoxy) is 1. The van der Waals surface area contributed by atoms with Crippen LogP contribution in [0.3, 0.4) is 0 Å². The van der Waals surface area contributed by atoms with Gasteiger partial charge in [0.05, 0.1) is 6.10 Å². The van der Waals surface area contributed by atoms with Crippen LogP contribution < -0.4 is 5.32 Å². The second-order valence-corrected chi connectivity index (χ2v) is 9.30. The molecule has 1 aromatic rings. The molecule has 1 N–H and O–H groups in total. The van der Waals surface area contributed by atoms with Crippen LogP contribution in [0.15, 0.2) is 89.8 Å². The van der Waals surface area contributed by atoms with Crippen LogP contribution >= 0.6 is 0 Å². The smallest absolute Gasteiger partial charge is 0.0880 e. The lowest BCUT2D eigenvalue weighted by molar-refractivity contribution is 0.0715. The summed E-state index contributed by atoms with van der Waals surface area (Å²) in [7, 11) is 3.95. The van der Waals surface area contributed by atoms with E-state index in [4.69, 9.17) is 4.74 Å². The third-order valence-electron chi connectivity index (χ3n) is 7.05. The summed E-state index contributed by atoms with van der Waals surface area (Å²) in [5.41, 5.74) is 5.34. The summed E-state index contributed by atoms with van der Waals surface area (Å²) >= 11 is 0. The molecule has 4 rings (SSSR count). The number of rotatable bonds is 6. The Labute approximate surface area is 181 Å². The van der Waals surface area contributed by atoms with Crippen molar-refractivity contribution in [3.05, 3.63) is 95.4 Å². The minimum absolute atomic E-state index is 0.0423. The first-order valence-corrected chi connectivity index (χ1v) is 10.9. The van der Waals surface area contributed by atoms with E-state index in [-0.39, 0.29) is 16.9 Å². The van der Waals surface area contributed by atoms with Crippen molar-refractivity contribution in [1.82, 2.24) is 10.2 Å². The second-order valence-electron chi connectivity index (χ2n) is 9.30. The molecule has 4 atom stereocenters. The Morgan fingerprint density at radius 1 is 1.20 bits per heavy atom. The molecule has 1 aromatic carbocycles. The van der Waals surface area contributed by atoms with Gasteiger partial charge in [-0.3, -0.25) is 0 Å². The van der Waals surface area contributed by atoms with Gasteiger partial charge in [0.25, 0.3) is 0 Å². The SMILES string of the molecule is COC1C=CC(CN[C@H](C)c2ccccc2)=CC1(C)C1=CC=C2N(C)C=CC2(C)C1. The van der Waals surface area contributed by atoms with Gasteiger partial charge in [0.2, 0.25) is 0 Å². The highest BCUT2D eigenvalue weighted by Gasteiger charge is 2.43. The number of methoxy groups -OCH3 is 1. The maximum absolute atomic E-state index is 5.93. The van der Waals surface area contributed by atoms with Crippen LogP contribution in [-0.4, -0.2) is 31.7 Å². The molecule has 1 heterocycles. The largest absolute Gasteiger partial charge is 0.376 e. The maximum atomic E-state index is 5.93. The highest BCUT2D eigenvalue weighted by Crippen LogP contribution is 2.51. The van der Waals surface area contributed by atoms with Gasteiger partial charge in [0, 0.05) is 49.5 Å². The summed E-state index contributed by atoms with van der Waals surface area (Å²) in [5.74, 6) is 0. The number of hydrogen-bond donors (Lipinski definition) is 1. The fourth-order valence-corrected chi connectivity index (χ4v) is 5.07. The van der Waals surface area contributed by atoms with Gasteiger partial charge in [-0.05, 0) is 37.5 Å². The Morgan fingerprint density at radius 3 is 2.70 bits per heavy atom. The number of benzene rings is 1. The Bertz CT molecular complexity index is 939. The zero-order valence-corrected chi connectivity index (χ0v) is 18.9. The van der Waals surface area contributed by atoms with E-state index in [9.17, 15) is 0 Å². The summed E-state index contributed by atoms with van der Waals surface area (Å²) < 4.78 is 5.93. The van der Waals surface area contributed by atoms with Crippen LogP contribution in [-0.2, 0) is 4.74 Å². The predicted octanol–water partition coefficient (Wildman–Crippen LogP) is 5.53. The second kappa shape index (κ2) is 8.05. The van der Waals surface area contributed by atoms with Crippen LogP contribution in [0.25, 0.3) is 0 Å². The molecule has 0 fully saturated rings. The van der Waals surface area contributed by atoms with Crippen molar-refractivity contribution in [1.29, 1.82) is 0 Å². The van der Waals surface area contributed by atoms with Crippen molar-refractivity contribution in [3.63, 3.8) is 0 Å². The lowest BCUT2D eigenvalue weighted by Gasteiger charge is -2.42. The van der Waals surface area contributed by atoms with Crippen LogP contribution in [0.1, 0.15) is 38.8 Å². The van der Waals surface area contributed by atoms with E-state index in [1.807, 2.05) is 7.11 Å². The number of hydrogen-bond acceptors (Lipinski definition) is 3. The minimum Gasteiger partial charge on any atom is -0.376 e. The molecule has 3 aliphatic rings. The zero-order valence-electron chi connectivity index (χ0n) is 18.9. The molecule has 1 aliphatic heterocycles. The molecule has 0 radical (unpaired) electrons. The fraction of sp³-hybridized carbons (Fsp3) is 0.407. The molecular formula is C27H34N2O. The van der Waals surface area contributed by atoms with E-state index in [0.717, 1.165) is 13.0 Å². The molecule has 0 bridgehead atoms. The van der Waals surface area contributed by atoms with E-state index in [2.05, 4.69) is 111 Å². The molecule has 0 aromatic heterocycles. The number of nitrogens with zero attached hydrogens (tertiary/aromatic N) is 1.